The van der Waals surface area contributed by atoms with E-state index in [1.165, 1.54) is 6.07 Å². The number of urea groups is 1. The number of hydrogen-bond acceptors (Lipinski definition) is 4. The number of aliphatic imine (C=N–C) groups is 1. The molecule has 0 aliphatic carbocycles. The molecule has 1 N–H and O–H groups in total. The van der Waals surface area contributed by atoms with E-state index >= 15 is 0 Å². The lowest BCUT2D eigenvalue weighted by atomic mass is 10.2. The summed E-state index contributed by atoms with van der Waals surface area (Å²) in [6.45, 7) is 0. The SMILES string of the molecule is CN1C(=O)C(=NC(Nc2ccccc2Cl)C(Cl)(Cl)Cl)N(c2cccc(C(F)(F)F)c2)C1=O. The number of benzene rings is 2. The quantitative estimate of drug-likeness (QED) is 0.394. The Kier molecular flexibility index (Phi) is 6.86. The highest BCUT2D eigenvalue weighted by Crippen LogP contribution is 2.36. The summed E-state index contributed by atoms with van der Waals surface area (Å²) in [5, 5.41) is 3.03. The second-order valence-corrected chi connectivity index (χ2v) is 9.33. The molecular weight excluding hydrogens is 515 g/mol. The van der Waals surface area contributed by atoms with E-state index in [2.05, 4.69) is 10.3 Å². The minimum absolute atomic E-state index is 0.234. The van der Waals surface area contributed by atoms with Crippen LogP contribution in [0.1, 0.15) is 5.56 Å². The van der Waals surface area contributed by atoms with Crippen molar-refractivity contribution in [3.05, 3.63) is 59.1 Å². The van der Waals surface area contributed by atoms with Gasteiger partial charge in [0.15, 0.2) is 6.17 Å². The van der Waals surface area contributed by atoms with Crippen LogP contribution in [0, 0.1) is 0 Å². The minimum atomic E-state index is -4.67. The fraction of sp³-hybridized carbons (Fsp3) is 0.211. The zero-order valence-corrected chi connectivity index (χ0v) is 19.0. The van der Waals surface area contributed by atoms with Gasteiger partial charge in [0.25, 0.3) is 5.91 Å². The largest absolute Gasteiger partial charge is 0.416 e. The molecule has 0 bridgehead atoms. The van der Waals surface area contributed by atoms with Gasteiger partial charge < -0.3 is 5.32 Å². The number of alkyl halides is 6. The van der Waals surface area contributed by atoms with E-state index < -0.39 is 39.5 Å². The van der Waals surface area contributed by atoms with Gasteiger partial charge in [-0.05, 0) is 30.3 Å². The molecule has 1 aliphatic heterocycles. The van der Waals surface area contributed by atoms with Gasteiger partial charge in [-0.3, -0.25) is 9.69 Å². The molecule has 32 heavy (non-hydrogen) atoms. The number of carbonyl (C=O) groups is 2. The van der Waals surface area contributed by atoms with Crippen molar-refractivity contribution in [2.24, 2.45) is 4.99 Å². The monoisotopic (exact) mass is 526 g/mol. The average molecular weight is 528 g/mol. The Morgan fingerprint density at radius 3 is 2.28 bits per heavy atom. The Labute approximate surface area is 200 Å². The molecule has 0 saturated carbocycles. The van der Waals surface area contributed by atoms with Gasteiger partial charge in [-0.15, -0.1) is 0 Å². The molecule has 1 fully saturated rings. The highest BCUT2D eigenvalue weighted by atomic mass is 35.6. The van der Waals surface area contributed by atoms with Gasteiger partial charge in [-0.2, -0.15) is 13.2 Å². The van der Waals surface area contributed by atoms with Gasteiger partial charge in [-0.1, -0.05) is 64.6 Å². The maximum atomic E-state index is 13.2. The minimum Gasteiger partial charge on any atom is -0.359 e. The van der Waals surface area contributed by atoms with Crippen LogP contribution in [0.15, 0.2) is 53.5 Å². The van der Waals surface area contributed by atoms with E-state index in [0.29, 0.717) is 16.7 Å². The van der Waals surface area contributed by atoms with E-state index in [1.807, 2.05) is 0 Å². The number of imide groups is 1. The number of halogens is 7. The first-order valence-corrected chi connectivity index (χ1v) is 10.3. The van der Waals surface area contributed by atoms with Crippen LogP contribution in [-0.2, 0) is 11.0 Å². The lowest BCUT2D eigenvalue weighted by Gasteiger charge is -2.25. The summed E-state index contributed by atoms with van der Waals surface area (Å²) >= 11 is 24.2. The first-order chi connectivity index (χ1) is 14.8. The number of hydrogen-bond donors (Lipinski definition) is 1. The summed E-state index contributed by atoms with van der Waals surface area (Å²) in [5.74, 6) is -1.43. The third-order valence-corrected chi connectivity index (χ3v) is 5.29. The maximum absolute atomic E-state index is 13.2. The molecule has 0 radical (unpaired) electrons. The lowest BCUT2D eigenvalue weighted by molar-refractivity contribution is -0.137. The fourth-order valence-electron chi connectivity index (χ4n) is 2.78. The van der Waals surface area contributed by atoms with Gasteiger partial charge in [0.2, 0.25) is 9.63 Å². The number of rotatable bonds is 4. The molecule has 1 aliphatic rings. The summed E-state index contributed by atoms with van der Waals surface area (Å²) in [6.07, 6.45) is -6.10. The normalized spacial score (nSPS) is 17.3. The molecule has 1 atom stereocenters. The van der Waals surface area contributed by atoms with Crippen molar-refractivity contribution in [3.63, 3.8) is 0 Å². The highest BCUT2D eigenvalue weighted by Gasteiger charge is 2.44. The molecule has 2 aromatic carbocycles. The van der Waals surface area contributed by atoms with Crippen LogP contribution < -0.4 is 10.2 Å². The smallest absolute Gasteiger partial charge is 0.359 e. The molecule has 1 unspecified atom stereocenters. The van der Waals surface area contributed by atoms with Gasteiger partial charge in [-0.25, -0.2) is 14.7 Å². The van der Waals surface area contributed by atoms with Gasteiger partial charge in [0.05, 0.1) is 22.0 Å². The summed E-state index contributed by atoms with van der Waals surface area (Å²) in [7, 11) is 1.15. The van der Waals surface area contributed by atoms with Crippen molar-refractivity contribution < 1.29 is 22.8 Å². The second-order valence-electron chi connectivity index (χ2n) is 6.55. The van der Waals surface area contributed by atoms with Crippen LogP contribution in [0.2, 0.25) is 5.02 Å². The summed E-state index contributed by atoms with van der Waals surface area (Å²) in [4.78, 5) is 30.9. The van der Waals surface area contributed by atoms with E-state index in [1.54, 1.807) is 24.3 Å². The van der Waals surface area contributed by atoms with E-state index in [0.717, 1.165) is 24.1 Å². The highest BCUT2D eigenvalue weighted by molar-refractivity contribution is 6.68. The third-order valence-electron chi connectivity index (χ3n) is 4.35. The number of anilines is 2. The number of nitrogens with one attached hydrogen (secondary N) is 1. The van der Waals surface area contributed by atoms with Crippen LogP contribution in [0.3, 0.4) is 0 Å². The number of likely N-dealkylation sites (N-methyl/N-ethyl adjacent to an activating group) is 1. The van der Waals surface area contributed by atoms with Gasteiger partial charge >= 0.3 is 12.2 Å². The third kappa shape index (κ3) is 5.06. The zero-order chi connectivity index (χ0) is 23.8. The number of nitrogens with zero attached hydrogens (tertiary/aromatic N) is 3. The van der Waals surface area contributed by atoms with Crippen molar-refractivity contribution >= 4 is 75.6 Å². The first-order valence-electron chi connectivity index (χ1n) is 8.75. The zero-order valence-electron chi connectivity index (χ0n) is 16.0. The Balaban J connectivity index is 2.09. The molecular formula is C19H13Cl4F3N4O2. The Morgan fingerprint density at radius 2 is 1.69 bits per heavy atom. The van der Waals surface area contributed by atoms with E-state index in [-0.39, 0.29) is 10.7 Å². The van der Waals surface area contributed by atoms with Crippen LogP contribution >= 0.6 is 46.4 Å². The number of amidine groups is 1. The van der Waals surface area contributed by atoms with Gasteiger partial charge in [0, 0.05) is 7.05 Å². The van der Waals surface area contributed by atoms with Crippen molar-refractivity contribution in [1.29, 1.82) is 0 Å². The van der Waals surface area contributed by atoms with Crippen LogP contribution in [-0.4, -0.2) is 39.7 Å². The molecule has 1 heterocycles. The molecule has 170 valence electrons. The number of carbonyl (C=O) groups excluding carboxylic acids is 2. The van der Waals surface area contributed by atoms with E-state index in [4.69, 9.17) is 46.4 Å². The van der Waals surface area contributed by atoms with E-state index in [9.17, 15) is 22.8 Å². The predicted molar refractivity (Wildman–Crippen MR) is 119 cm³/mol. The molecule has 0 spiro atoms. The molecule has 13 heteroatoms. The second kappa shape index (κ2) is 8.97. The summed E-state index contributed by atoms with van der Waals surface area (Å²) in [6, 6.07) is 9.36. The Hall–Kier alpha value is -2.20. The lowest BCUT2D eigenvalue weighted by Crippen LogP contribution is -2.38. The topological polar surface area (TPSA) is 65.0 Å². The van der Waals surface area contributed by atoms with Crippen LogP contribution in [0.25, 0.3) is 0 Å². The number of para-hydroxylation sites is 1. The first kappa shape index (κ1) is 24.4. The van der Waals surface area contributed by atoms with Crippen molar-refractivity contribution in [3.8, 4) is 0 Å². The summed E-state index contributed by atoms with van der Waals surface area (Å²) < 4.78 is 37.4. The van der Waals surface area contributed by atoms with Crippen LogP contribution in [0.4, 0.5) is 29.3 Å². The van der Waals surface area contributed by atoms with Gasteiger partial charge in [0.1, 0.15) is 0 Å². The fourth-order valence-corrected chi connectivity index (χ4v) is 3.28. The van der Waals surface area contributed by atoms with Crippen LogP contribution in [0.5, 0.6) is 0 Å². The molecule has 1 saturated heterocycles. The molecule has 2 aromatic rings. The predicted octanol–water partition coefficient (Wildman–Crippen LogP) is 5.96. The molecule has 3 amide bonds. The van der Waals surface area contributed by atoms with Crippen molar-refractivity contribution in [2.45, 2.75) is 16.1 Å². The Morgan fingerprint density at radius 1 is 1.03 bits per heavy atom. The number of amides is 3. The average Bonchev–Trinajstić information content (AvgIpc) is 2.91. The Bertz CT molecular complexity index is 1090. The standard InChI is InChI=1S/C19H13Cl4F3N4O2/c1-29-15(31)14(28-16(18(21,22)23)27-13-8-3-2-7-12(13)20)30(17(29)32)11-6-4-5-10(9-11)19(24,25)26/h2-9,16,27H,1H3. The summed E-state index contributed by atoms with van der Waals surface area (Å²) in [5.41, 5.74) is -0.941. The maximum Gasteiger partial charge on any atom is 0.416 e. The molecule has 0 aromatic heterocycles. The molecule has 6 nitrogen and oxygen atoms in total. The molecule has 3 rings (SSSR count). The van der Waals surface area contributed by atoms with Crippen molar-refractivity contribution in [1.82, 2.24) is 4.90 Å². The van der Waals surface area contributed by atoms with Crippen molar-refractivity contribution in [2.75, 3.05) is 17.3 Å².